The Balaban J connectivity index is 1.87. The summed E-state index contributed by atoms with van der Waals surface area (Å²) in [6.45, 7) is 1.29. The summed E-state index contributed by atoms with van der Waals surface area (Å²) in [5.74, 6) is 0.221. The lowest BCUT2D eigenvalue weighted by Gasteiger charge is -2.38. The average molecular weight is 282 g/mol. The van der Waals surface area contributed by atoms with Crippen LogP contribution in [0.2, 0.25) is 0 Å². The first kappa shape index (κ1) is 14.5. The number of piperidine rings is 1. The van der Waals surface area contributed by atoms with Gasteiger partial charge in [-0.25, -0.2) is 0 Å². The number of carbonyl (C=O) groups excluding carboxylic acids is 1. The van der Waals surface area contributed by atoms with Crippen molar-refractivity contribution >= 4 is 17.2 Å². The van der Waals surface area contributed by atoms with E-state index in [1.165, 1.54) is 4.88 Å². The minimum Gasteiger partial charge on any atom is -0.381 e. The van der Waals surface area contributed by atoms with Gasteiger partial charge in [0.1, 0.15) is 0 Å². The molecule has 0 aliphatic carbocycles. The lowest BCUT2D eigenvalue weighted by atomic mass is 9.98. The molecule has 4 nitrogen and oxygen atoms in total. The second-order valence-corrected chi connectivity index (χ2v) is 5.97. The van der Waals surface area contributed by atoms with Crippen LogP contribution in [0.5, 0.6) is 0 Å². The molecule has 2 rings (SSSR count). The number of amides is 1. The number of hydrogen-bond acceptors (Lipinski definition) is 4. The maximum absolute atomic E-state index is 12.3. The fourth-order valence-electron chi connectivity index (χ4n) is 2.61. The molecule has 0 aromatic carbocycles. The monoisotopic (exact) mass is 282 g/mol. The van der Waals surface area contributed by atoms with E-state index in [4.69, 9.17) is 10.5 Å². The van der Waals surface area contributed by atoms with E-state index in [2.05, 4.69) is 6.07 Å². The quantitative estimate of drug-likeness (QED) is 0.893. The van der Waals surface area contributed by atoms with E-state index in [-0.39, 0.29) is 18.1 Å². The molecular weight excluding hydrogens is 260 g/mol. The van der Waals surface area contributed by atoms with Crippen LogP contribution in [0.15, 0.2) is 17.5 Å². The smallest absolute Gasteiger partial charge is 0.223 e. The van der Waals surface area contributed by atoms with Gasteiger partial charge in [0.05, 0.1) is 6.10 Å². The van der Waals surface area contributed by atoms with Crippen molar-refractivity contribution < 1.29 is 9.53 Å². The Morgan fingerprint density at radius 1 is 1.63 bits per heavy atom. The minimum absolute atomic E-state index is 0.134. The maximum Gasteiger partial charge on any atom is 0.223 e. The van der Waals surface area contributed by atoms with E-state index in [1.807, 2.05) is 16.3 Å². The van der Waals surface area contributed by atoms with Gasteiger partial charge in [-0.05, 0) is 30.7 Å². The van der Waals surface area contributed by atoms with Crippen molar-refractivity contribution in [3.63, 3.8) is 0 Å². The molecule has 1 aliphatic rings. The Hall–Kier alpha value is -0.910. The summed E-state index contributed by atoms with van der Waals surface area (Å²) in [4.78, 5) is 15.5. The largest absolute Gasteiger partial charge is 0.381 e. The molecule has 1 aliphatic heterocycles. The van der Waals surface area contributed by atoms with E-state index in [0.29, 0.717) is 13.0 Å². The molecule has 1 fully saturated rings. The summed E-state index contributed by atoms with van der Waals surface area (Å²) in [6, 6.07) is 4.24. The first-order valence-corrected chi connectivity index (χ1v) is 7.67. The summed E-state index contributed by atoms with van der Waals surface area (Å²) in [5, 5.41) is 2.05. The van der Waals surface area contributed by atoms with Gasteiger partial charge in [0.2, 0.25) is 5.91 Å². The molecule has 2 atom stereocenters. The number of methoxy groups -OCH3 is 1. The van der Waals surface area contributed by atoms with Gasteiger partial charge in [0.15, 0.2) is 0 Å². The molecule has 19 heavy (non-hydrogen) atoms. The number of rotatable bonds is 5. The Morgan fingerprint density at radius 2 is 2.47 bits per heavy atom. The number of carbonyl (C=O) groups is 1. The highest BCUT2D eigenvalue weighted by Gasteiger charge is 2.30. The molecule has 0 unspecified atom stereocenters. The van der Waals surface area contributed by atoms with Gasteiger partial charge in [0.25, 0.3) is 0 Å². The van der Waals surface area contributed by atoms with Crippen LogP contribution >= 0.6 is 11.3 Å². The van der Waals surface area contributed by atoms with Crippen LogP contribution in [0, 0.1) is 0 Å². The predicted octanol–water partition coefficient (Wildman–Crippen LogP) is 1.65. The Morgan fingerprint density at radius 3 is 3.11 bits per heavy atom. The Kier molecular flexibility index (Phi) is 5.36. The predicted molar refractivity (Wildman–Crippen MR) is 77.2 cm³/mol. The van der Waals surface area contributed by atoms with Crippen LogP contribution in [-0.4, -0.2) is 43.2 Å². The maximum atomic E-state index is 12.3. The van der Waals surface area contributed by atoms with Gasteiger partial charge >= 0.3 is 0 Å². The molecule has 5 heteroatoms. The van der Waals surface area contributed by atoms with Crippen molar-refractivity contribution in [1.82, 2.24) is 4.90 Å². The standard InChI is InChI=1S/C14H22N2O2S/c1-18-12-6-7-16(11(9-12)10-15)14(17)5-4-13-3-2-8-19-13/h2-3,8,11-12H,4-7,9-10,15H2,1H3/t11-,12-/m0/s1. The number of aryl methyl sites for hydroxylation is 1. The molecule has 106 valence electrons. The number of thiophene rings is 1. The highest BCUT2D eigenvalue weighted by atomic mass is 32.1. The third-order valence-corrected chi connectivity index (χ3v) is 4.70. The molecule has 0 spiro atoms. The zero-order chi connectivity index (χ0) is 13.7. The van der Waals surface area contributed by atoms with Gasteiger partial charge in [-0.1, -0.05) is 6.07 Å². The van der Waals surface area contributed by atoms with Crippen LogP contribution in [0.4, 0.5) is 0 Å². The van der Waals surface area contributed by atoms with Gasteiger partial charge < -0.3 is 15.4 Å². The number of likely N-dealkylation sites (tertiary alicyclic amines) is 1. The van der Waals surface area contributed by atoms with Crippen molar-refractivity contribution in [2.24, 2.45) is 5.73 Å². The minimum atomic E-state index is 0.134. The summed E-state index contributed by atoms with van der Waals surface area (Å²) in [5.41, 5.74) is 5.79. The Labute approximate surface area is 118 Å². The van der Waals surface area contributed by atoms with Crippen molar-refractivity contribution in [1.29, 1.82) is 0 Å². The molecule has 0 bridgehead atoms. The molecule has 1 aromatic heterocycles. The SMILES string of the molecule is CO[C@H]1CCN(C(=O)CCc2cccs2)[C@H](CN)C1. The van der Waals surface area contributed by atoms with Gasteiger partial charge in [-0.15, -0.1) is 11.3 Å². The summed E-state index contributed by atoms with van der Waals surface area (Å²) in [6.07, 6.45) is 3.43. The van der Waals surface area contributed by atoms with Crippen molar-refractivity contribution in [3.05, 3.63) is 22.4 Å². The molecule has 1 aromatic rings. The van der Waals surface area contributed by atoms with E-state index in [1.54, 1.807) is 18.4 Å². The lowest BCUT2D eigenvalue weighted by Crippen LogP contribution is -2.51. The molecule has 1 amide bonds. The first-order chi connectivity index (χ1) is 9.24. The summed E-state index contributed by atoms with van der Waals surface area (Å²) in [7, 11) is 1.73. The summed E-state index contributed by atoms with van der Waals surface area (Å²) >= 11 is 1.71. The third kappa shape index (κ3) is 3.78. The first-order valence-electron chi connectivity index (χ1n) is 6.79. The Bertz CT molecular complexity index is 394. The van der Waals surface area contributed by atoms with E-state index < -0.39 is 0 Å². The van der Waals surface area contributed by atoms with Crippen LogP contribution in [0.25, 0.3) is 0 Å². The van der Waals surface area contributed by atoms with Gasteiger partial charge in [-0.2, -0.15) is 0 Å². The molecule has 1 saturated heterocycles. The van der Waals surface area contributed by atoms with Crippen LogP contribution in [-0.2, 0) is 16.0 Å². The third-order valence-electron chi connectivity index (χ3n) is 3.76. The van der Waals surface area contributed by atoms with E-state index in [9.17, 15) is 4.79 Å². The average Bonchev–Trinajstić information content (AvgIpc) is 2.97. The normalized spacial score (nSPS) is 23.6. The van der Waals surface area contributed by atoms with Crippen molar-refractivity contribution in [3.8, 4) is 0 Å². The molecule has 2 heterocycles. The molecule has 0 saturated carbocycles. The van der Waals surface area contributed by atoms with Crippen LogP contribution in [0.1, 0.15) is 24.1 Å². The van der Waals surface area contributed by atoms with Crippen LogP contribution < -0.4 is 5.73 Å². The number of ether oxygens (including phenoxy) is 1. The molecule has 0 radical (unpaired) electrons. The van der Waals surface area contributed by atoms with E-state index >= 15 is 0 Å². The zero-order valence-corrected chi connectivity index (χ0v) is 12.2. The zero-order valence-electron chi connectivity index (χ0n) is 11.4. The molecule has 2 N–H and O–H groups in total. The van der Waals surface area contributed by atoms with E-state index in [0.717, 1.165) is 25.8 Å². The van der Waals surface area contributed by atoms with Crippen LogP contribution in [0.3, 0.4) is 0 Å². The number of hydrogen-bond donors (Lipinski definition) is 1. The highest BCUT2D eigenvalue weighted by Crippen LogP contribution is 2.21. The lowest BCUT2D eigenvalue weighted by molar-refractivity contribution is -0.136. The highest BCUT2D eigenvalue weighted by molar-refractivity contribution is 7.09. The number of nitrogens with zero attached hydrogens (tertiary/aromatic N) is 1. The van der Waals surface area contributed by atoms with Crippen molar-refractivity contribution in [2.45, 2.75) is 37.8 Å². The van der Waals surface area contributed by atoms with Gasteiger partial charge in [0, 0.05) is 37.5 Å². The topological polar surface area (TPSA) is 55.6 Å². The summed E-state index contributed by atoms with van der Waals surface area (Å²) < 4.78 is 5.38. The van der Waals surface area contributed by atoms with Gasteiger partial charge in [-0.3, -0.25) is 4.79 Å². The second-order valence-electron chi connectivity index (χ2n) is 4.94. The second kappa shape index (κ2) is 7.03. The van der Waals surface area contributed by atoms with Crippen molar-refractivity contribution in [2.75, 3.05) is 20.2 Å². The fourth-order valence-corrected chi connectivity index (χ4v) is 3.32. The fraction of sp³-hybridized carbons (Fsp3) is 0.643. The molecular formula is C14H22N2O2S. The number of nitrogens with two attached hydrogens (primary N) is 1.